The van der Waals surface area contributed by atoms with Crippen molar-refractivity contribution in [1.82, 2.24) is 0 Å². The van der Waals surface area contributed by atoms with Gasteiger partial charge in [0.2, 0.25) is 0 Å². The van der Waals surface area contributed by atoms with Crippen LogP contribution in [0.2, 0.25) is 0 Å². The van der Waals surface area contributed by atoms with Gasteiger partial charge in [-0.3, -0.25) is 4.79 Å². The van der Waals surface area contributed by atoms with Gasteiger partial charge in [0.25, 0.3) is 0 Å². The van der Waals surface area contributed by atoms with Gasteiger partial charge in [0.15, 0.2) is 5.12 Å². The molecule has 0 amide bonds. The van der Waals surface area contributed by atoms with Gasteiger partial charge in [-0.1, -0.05) is 0 Å². The molecule has 1 fully saturated rings. The minimum absolute atomic E-state index is 0.0278. The lowest BCUT2D eigenvalue weighted by atomic mass is 10.4. The summed E-state index contributed by atoms with van der Waals surface area (Å²) in [6.45, 7) is 0. The number of nitriles is 1. The summed E-state index contributed by atoms with van der Waals surface area (Å²) >= 11 is 3.58. The lowest BCUT2D eigenvalue weighted by molar-refractivity contribution is -0.112. The molecule has 8 heavy (non-hydrogen) atoms. The molecule has 0 N–H and O–H groups in total. The van der Waals surface area contributed by atoms with Gasteiger partial charge in [0.05, 0.1) is 12.0 Å². The van der Waals surface area contributed by atoms with Gasteiger partial charge in [-0.15, -0.1) is 12.6 Å². The average Bonchev–Trinajstić information content (AvgIpc) is 2.42. The van der Waals surface area contributed by atoms with Crippen LogP contribution in [0.25, 0.3) is 0 Å². The minimum atomic E-state index is -0.142. The molecule has 1 aliphatic rings. The standard InChI is InChI=1S/C5H5NOS/c6-2-3-1-4(3)5(7)8/h3-4H,1H2,(H,7,8)/t3-,4+/m1/s1. The zero-order chi connectivity index (χ0) is 6.15. The molecule has 2 nitrogen and oxygen atoms in total. The summed E-state index contributed by atoms with van der Waals surface area (Å²) < 4.78 is 0. The highest BCUT2D eigenvalue weighted by Crippen LogP contribution is 2.38. The van der Waals surface area contributed by atoms with Gasteiger partial charge < -0.3 is 0 Å². The number of carbonyl (C=O) groups is 1. The summed E-state index contributed by atoms with van der Waals surface area (Å²) in [5.41, 5.74) is 0. The van der Waals surface area contributed by atoms with E-state index in [1.165, 1.54) is 0 Å². The molecule has 1 rings (SSSR count). The fourth-order valence-corrected chi connectivity index (χ4v) is 0.896. The van der Waals surface area contributed by atoms with E-state index in [9.17, 15) is 4.79 Å². The predicted octanol–water partition coefficient (Wildman–Crippen LogP) is 0.602. The van der Waals surface area contributed by atoms with Crippen molar-refractivity contribution in [3.63, 3.8) is 0 Å². The van der Waals surface area contributed by atoms with Crippen LogP contribution in [0.15, 0.2) is 0 Å². The summed E-state index contributed by atoms with van der Waals surface area (Å²) in [7, 11) is 0. The van der Waals surface area contributed by atoms with E-state index >= 15 is 0 Å². The SMILES string of the molecule is N#C[C@H]1C[C@@H]1C(=O)S. The Kier molecular flexibility index (Phi) is 1.26. The molecule has 0 saturated heterocycles. The van der Waals surface area contributed by atoms with Crippen molar-refractivity contribution in [3.05, 3.63) is 0 Å². The van der Waals surface area contributed by atoms with Crippen molar-refractivity contribution in [1.29, 1.82) is 5.26 Å². The first-order valence-corrected chi connectivity index (χ1v) is 2.83. The molecule has 0 aromatic carbocycles. The lowest BCUT2D eigenvalue weighted by Gasteiger charge is -1.78. The first-order chi connectivity index (χ1) is 3.75. The maximum atomic E-state index is 10.3. The van der Waals surface area contributed by atoms with Crippen LogP contribution in [0.4, 0.5) is 0 Å². The quantitative estimate of drug-likeness (QED) is 0.524. The molecule has 0 bridgehead atoms. The van der Waals surface area contributed by atoms with Gasteiger partial charge in [0, 0.05) is 5.92 Å². The average molecular weight is 127 g/mol. The molecule has 0 heterocycles. The van der Waals surface area contributed by atoms with Crippen molar-refractivity contribution in [2.24, 2.45) is 11.8 Å². The fraction of sp³-hybridized carbons (Fsp3) is 0.600. The van der Waals surface area contributed by atoms with Crippen LogP contribution in [0.3, 0.4) is 0 Å². The lowest BCUT2D eigenvalue weighted by Crippen LogP contribution is -1.89. The van der Waals surface area contributed by atoms with E-state index in [-0.39, 0.29) is 17.0 Å². The summed E-state index contributed by atoms with van der Waals surface area (Å²) in [5.74, 6) is -0.0802. The van der Waals surface area contributed by atoms with Crippen molar-refractivity contribution < 1.29 is 4.79 Å². The van der Waals surface area contributed by atoms with E-state index in [2.05, 4.69) is 12.6 Å². The van der Waals surface area contributed by atoms with Crippen molar-refractivity contribution in [2.45, 2.75) is 6.42 Å². The molecule has 1 aliphatic carbocycles. The second kappa shape index (κ2) is 1.79. The Morgan fingerprint density at radius 2 is 2.50 bits per heavy atom. The molecule has 0 spiro atoms. The van der Waals surface area contributed by atoms with E-state index in [1.807, 2.05) is 6.07 Å². The van der Waals surface area contributed by atoms with Gasteiger partial charge in [0.1, 0.15) is 0 Å². The van der Waals surface area contributed by atoms with E-state index in [0.29, 0.717) is 0 Å². The van der Waals surface area contributed by atoms with Crippen LogP contribution >= 0.6 is 12.6 Å². The molecule has 0 unspecified atom stereocenters. The second-order valence-electron chi connectivity index (χ2n) is 1.92. The molecule has 0 aromatic heterocycles. The number of hydrogen-bond acceptors (Lipinski definition) is 2. The molecular weight excluding hydrogens is 122 g/mol. The fourth-order valence-electron chi connectivity index (χ4n) is 0.611. The third kappa shape index (κ3) is 0.846. The van der Waals surface area contributed by atoms with Crippen LogP contribution < -0.4 is 0 Å². The maximum absolute atomic E-state index is 10.3. The van der Waals surface area contributed by atoms with E-state index in [4.69, 9.17) is 5.26 Å². The molecule has 0 radical (unpaired) electrons. The first kappa shape index (κ1) is 5.64. The number of rotatable bonds is 1. The molecule has 0 aromatic rings. The Labute approximate surface area is 52.9 Å². The van der Waals surface area contributed by atoms with E-state index in [1.54, 1.807) is 0 Å². The zero-order valence-electron chi connectivity index (χ0n) is 4.16. The number of nitrogens with zero attached hydrogens (tertiary/aromatic N) is 1. The summed E-state index contributed by atoms with van der Waals surface area (Å²) in [4.78, 5) is 10.3. The summed E-state index contributed by atoms with van der Waals surface area (Å²) in [5, 5.41) is 8.05. The molecule has 1 saturated carbocycles. The Balaban J connectivity index is 2.40. The highest BCUT2D eigenvalue weighted by atomic mass is 32.1. The van der Waals surface area contributed by atoms with E-state index < -0.39 is 0 Å². The zero-order valence-corrected chi connectivity index (χ0v) is 5.06. The third-order valence-electron chi connectivity index (χ3n) is 1.27. The van der Waals surface area contributed by atoms with Crippen LogP contribution in [-0.4, -0.2) is 5.12 Å². The van der Waals surface area contributed by atoms with Gasteiger partial charge in [-0.25, -0.2) is 0 Å². The van der Waals surface area contributed by atoms with E-state index in [0.717, 1.165) is 6.42 Å². The van der Waals surface area contributed by atoms with Crippen LogP contribution in [0, 0.1) is 23.2 Å². The van der Waals surface area contributed by atoms with Crippen molar-refractivity contribution in [3.8, 4) is 6.07 Å². The summed E-state index contributed by atoms with van der Waals surface area (Å²) in [6, 6.07) is 2.00. The van der Waals surface area contributed by atoms with Crippen LogP contribution in [0.5, 0.6) is 0 Å². The third-order valence-corrected chi connectivity index (χ3v) is 1.61. The number of carbonyl (C=O) groups excluding carboxylic acids is 1. The maximum Gasteiger partial charge on any atom is 0.190 e. The van der Waals surface area contributed by atoms with Crippen LogP contribution in [-0.2, 0) is 4.79 Å². The molecule has 2 atom stereocenters. The Hall–Kier alpha value is -0.490. The summed E-state index contributed by atoms with van der Waals surface area (Å²) in [6.07, 6.45) is 0.721. The van der Waals surface area contributed by atoms with Gasteiger partial charge in [-0.2, -0.15) is 5.26 Å². The van der Waals surface area contributed by atoms with Crippen molar-refractivity contribution in [2.75, 3.05) is 0 Å². The smallest absolute Gasteiger partial charge is 0.190 e. The Morgan fingerprint density at radius 1 is 1.88 bits per heavy atom. The van der Waals surface area contributed by atoms with Crippen molar-refractivity contribution >= 4 is 17.7 Å². The molecule has 42 valence electrons. The highest BCUT2D eigenvalue weighted by molar-refractivity contribution is 7.96. The van der Waals surface area contributed by atoms with Gasteiger partial charge in [-0.05, 0) is 6.42 Å². The number of thiol groups is 1. The minimum Gasteiger partial charge on any atom is -0.287 e. The second-order valence-corrected chi connectivity index (χ2v) is 2.36. The Bertz CT molecular complexity index is 160. The largest absolute Gasteiger partial charge is 0.287 e. The molecule has 3 heteroatoms. The monoisotopic (exact) mass is 127 g/mol. The first-order valence-electron chi connectivity index (χ1n) is 2.38. The normalized spacial score (nSPS) is 33.5. The van der Waals surface area contributed by atoms with Gasteiger partial charge >= 0.3 is 0 Å². The molecular formula is C5H5NOS. The van der Waals surface area contributed by atoms with Crippen LogP contribution in [0.1, 0.15) is 6.42 Å². The highest BCUT2D eigenvalue weighted by Gasteiger charge is 2.41. The molecule has 0 aliphatic heterocycles. The Morgan fingerprint density at radius 3 is 2.62 bits per heavy atom. The predicted molar refractivity (Wildman–Crippen MR) is 31.2 cm³/mol. The topological polar surface area (TPSA) is 40.9 Å². The number of hydrogen-bond donors (Lipinski definition) is 1.